The molecule has 3 heteroatoms. The van der Waals surface area contributed by atoms with E-state index in [0.29, 0.717) is 17.0 Å². The number of nitrogens with zero attached hydrogens (tertiary/aromatic N) is 1. The van der Waals surface area contributed by atoms with Crippen LogP contribution < -0.4 is 5.32 Å². The summed E-state index contributed by atoms with van der Waals surface area (Å²) in [4.78, 5) is 5.07. The van der Waals surface area contributed by atoms with Gasteiger partial charge in [-0.15, -0.1) is 0 Å². The fraction of sp³-hybridized carbons (Fsp3) is 0.941. The highest BCUT2D eigenvalue weighted by molar-refractivity contribution is 8.14. The van der Waals surface area contributed by atoms with E-state index in [4.69, 9.17) is 4.99 Å². The van der Waals surface area contributed by atoms with Crippen LogP contribution in [0.25, 0.3) is 0 Å². The number of hydrogen-bond acceptors (Lipinski definition) is 2. The van der Waals surface area contributed by atoms with E-state index in [0.717, 1.165) is 5.92 Å². The van der Waals surface area contributed by atoms with Gasteiger partial charge >= 0.3 is 0 Å². The van der Waals surface area contributed by atoms with Gasteiger partial charge in [-0.1, -0.05) is 51.8 Å². The molecule has 3 fully saturated rings. The molecule has 3 aliphatic rings. The van der Waals surface area contributed by atoms with Crippen LogP contribution in [0, 0.1) is 11.3 Å². The third-order valence-corrected chi connectivity index (χ3v) is 6.61. The number of hydrogen-bond donors (Lipinski definition) is 1. The van der Waals surface area contributed by atoms with Crippen LogP contribution in [0.2, 0.25) is 0 Å². The van der Waals surface area contributed by atoms with Gasteiger partial charge in [0.15, 0.2) is 5.17 Å². The van der Waals surface area contributed by atoms with Crippen molar-refractivity contribution in [1.29, 1.82) is 0 Å². The maximum atomic E-state index is 5.07. The van der Waals surface area contributed by atoms with Crippen LogP contribution in [0.3, 0.4) is 0 Å². The summed E-state index contributed by atoms with van der Waals surface area (Å²) in [5.41, 5.74) is 0.874. The van der Waals surface area contributed by atoms with Gasteiger partial charge in [0.05, 0.1) is 6.04 Å². The predicted molar refractivity (Wildman–Crippen MR) is 89.4 cm³/mol. The highest BCUT2D eigenvalue weighted by Crippen LogP contribution is 2.40. The lowest BCUT2D eigenvalue weighted by atomic mass is 9.75. The normalized spacial score (nSPS) is 42.9. The molecule has 114 valence electrons. The molecule has 20 heavy (non-hydrogen) atoms. The zero-order chi connectivity index (χ0) is 14.2. The third kappa shape index (κ3) is 3.35. The molecule has 2 saturated carbocycles. The Labute approximate surface area is 128 Å². The summed E-state index contributed by atoms with van der Waals surface area (Å²) < 4.78 is 0. The Hall–Kier alpha value is -0.180. The van der Waals surface area contributed by atoms with Crippen LogP contribution in [0.5, 0.6) is 0 Å². The quantitative estimate of drug-likeness (QED) is 0.764. The van der Waals surface area contributed by atoms with Crippen molar-refractivity contribution in [3.63, 3.8) is 0 Å². The van der Waals surface area contributed by atoms with Crippen molar-refractivity contribution in [1.82, 2.24) is 5.32 Å². The van der Waals surface area contributed by atoms with E-state index < -0.39 is 0 Å². The number of thioether (sulfide) groups is 1. The van der Waals surface area contributed by atoms with Gasteiger partial charge in [-0.25, -0.2) is 0 Å². The Balaban J connectivity index is 1.63. The first kappa shape index (κ1) is 14.7. The molecule has 2 nitrogen and oxygen atoms in total. The molecule has 0 amide bonds. The Kier molecular flexibility index (Phi) is 4.09. The first-order valence-electron chi connectivity index (χ1n) is 8.45. The van der Waals surface area contributed by atoms with Crippen LogP contribution in [-0.4, -0.2) is 22.5 Å². The number of amidine groups is 1. The van der Waals surface area contributed by atoms with Gasteiger partial charge in [0.2, 0.25) is 0 Å². The van der Waals surface area contributed by atoms with E-state index in [-0.39, 0.29) is 0 Å². The van der Waals surface area contributed by atoms with Crippen LogP contribution in [0.1, 0.15) is 72.1 Å². The van der Waals surface area contributed by atoms with Crippen molar-refractivity contribution in [2.75, 3.05) is 5.75 Å². The molecule has 0 aromatic heterocycles. The van der Waals surface area contributed by atoms with E-state index in [2.05, 4.69) is 26.1 Å². The van der Waals surface area contributed by atoms with Crippen LogP contribution in [-0.2, 0) is 0 Å². The third-order valence-electron chi connectivity index (χ3n) is 5.43. The zero-order valence-electron chi connectivity index (χ0n) is 13.4. The van der Waals surface area contributed by atoms with Gasteiger partial charge < -0.3 is 5.32 Å². The second kappa shape index (κ2) is 5.55. The molecule has 1 spiro atoms. The minimum atomic E-state index is 0.380. The molecule has 2 aliphatic carbocycles. The van der Waals surface area contributed by atoms with E-state index in [1.54, 1.807) is 0 Å². The Morgan fingerprint density at radius 1 is 1.15 bits per heavy atom. The maximum absolute atomic E-state index is 5.07. The molecule has 0 aromatic carbocycles. The van der Waals surface area contributed by atoms with Gasteiger partial charge in [-0.05, 0) is 43.4 Å². The summed E-state index contributed by atoms with van der Waals surface area (Å²) in [6.07, 6.45) is 10.8. The summed E-state index contributed by atoms with van der Waals surface area (Å²) in [5, 5.41) is 5.08. The fourth-order valence-electron chi connectivity index (χ4n) is 4.41. The number of aliphatic imine (C=N–C) groups is 1. The fourth-order valence-corrected chi connectivity index (χ4v) is 5.67. The smallest absolute Gasteiger partial charge is 0.157 e. The van der Waals surface area contributed by atoms with Crippen molar-refractivity contribution >= 4 is 16.9 Å². The lowest BCUT2D eigenvalue weighted by Gasteiger charge is -2.36. The van der Waals surface area contributed by atoms with E-state index in [9.17, 15) is 0 Å². The summed E-state index contributed by atoms with van der Waals surface area (Å²) in [6.45, 7) is 7.21. The molecular weight excluding hydrogens is 264 g/mol. The Morgan fingerprint density at radius 2 is 1.95 bits per heavy atom. The largest absolute Gasteiger partial charge is 0.359 e. The molecule has 1 N–H and O–H groups in total. The molecule has 1 saturated heterocycles. The SMILES string of the molecule is CC1CCCC2(CSC(=NC3CCCC(C)(C)C3)N2)C1. The molecule has 3 unspecified atom stereocenters. The lowest BCUT2D eigenvalue weighted by Crippen LogP contribution is -2.47. The minimum absolute atomic E-state index is 0.380. The topological polar surface area (TPSA) is 24.4 Å². The summed E-state index contributed by atoms with van der Waals surface area (Å²) in [5.74, 6) is 2.12. The molecule has 1 heterocycles. The van der Waals surface area contributed by atoms with Gasteiger partial charge in [0.25, 0.3) is 0 Å². The second-order valence-electron chi connectivity index (χ2n) is 8.24. The monoisotopic (exact) mass is 294 g/mol. The summed E-state index contributed by atoms with van der Waals surface area (Å²) >= 11 is 1.98. The summed E-state index contributed by atoms with van der Waals surface area (Å²) in [7, 11) is 0. The van der Waals surface area contributed by atoms with Gasteiger partial charge in [0.1, 0.15) is 0 Å². The van der Waals surface area contributed by atoms with Crippen molar-refractivity contribution < 1.29 is 0 Å². The van der Waals surface area contributed by atoms with Crippen molar-refractivity contribution in [2.45, 2.75) is 83.7 Å². The average molecular weight is 295 g/mol. The zero-order valence-corrected chi connectivity index (χ0v) is 14.2. The van der Waals surface area contributed by atoms with E-state index in [1.165, 1.54) is 62.3 Å². The molecular formula is C17H30N2S. The van der Waals surface area contributed by atoms with Crippen molar-refractivity contribution in [2.24, 2.45) is 16.3 Å². The molecule has 3 atom stereocenters. The highest BCUT2D eigenvalue weighted by Gasteiger charge is 2.40. The second-order valence-corrected chi connectivity index (χ2v) is 9.21. The van der Waals surface area contributed by atoms with Crippen LogP contribution in [0.15, 0.2) is 4.99 Å². The Morgan fingerprint density at radius 3 is 2.70 bits per heavy atom. The molecule has 1 aliphatic heterocycles. The van der Waals surface area contributed by atoms with E-state index in [1.807, 2.05) is 11.8 Å². The molecule has 0 bridgehead atoms. The molecule has 3 rings (SSSR count). The van der Waals surface area contributed by atoms with E-state index >= 15 is 0 Å². The minimum Gasteiger partial charge on any atom is -0.359 e. The standard InChI is InChI=1S/C17H30N2S/c1-13-6-4-9-17(10-13)12-20-15(19-17)18-14-7-5-8-16(2,3)11-14/h13-14H,4-12H2,1-3H3,(H,18,19). The predicted octanol–water partition coefficient (Wildman–Crippen LogP) is 4.60. The first-order chi connectivity index (χ1) is 9.46. The maximum Gasteiger partial charge on any atom is 0.157 e. The van der Waals surface area contributed by atoms with Crippen LogP contribution >= 0.6 is 11.8 Å². The summed E-state index contributed by atoms with van der Waals surface area (Å²) in [6, 6.07) is 0.560. The molecule has 0 radical (unpaired) electrons. The van der Waals surface area contributed by atoms with Crippen molar-refractivity contribution in [3.8, 4) is 0 Å². The molecule has 0 aromatic rings. The van der Waals surface area contributed by atoms with Gasteiger partial charge in [-0.2, -0.15) is 0 Å². The highest BCUT2D eigenvalue weighted by atomic mass is 32.2. The number of rotatable bonds is 1. The Bertz CT molecular complexity index is 390. The number of nitrogens with one attached hydrogen (secondary N) is 1. The van der Waals surface area contributed by atoms with Gasteiger partial charge in [-0.3, -0.25) is 4.99 Å². The van der Waals surface area contributed by atoms with Gasteiger partial charge in [0, 0.05) is 11.3 Å². The first-order valence-corrected chi connectivity index (χ1v) is 9.44. The lowest BCUT2D eigenvalue weighted by molar-refractivity contribution is 0.220. The average Bonchev–Trinajstić information content (AvgIpc) is 2.70. The van der Waals surface area contributed by atoms with Crippen LogP contribution in [0.4, 0.5) is 0 Å². The van der Waals surface area contributed by atoms with Crippen molar-refractivity contribution in [3.05, 3.63) is 0 Å².